The fourth-order valence-electron chi connectivity index (χ4n) is 2.60. The second-order valence-electron chi connectivity index (χ2n) is 7.67. The van der Waals surface area contributed by atoms with E-state index in [1.165, 1.54) is 5.56 Å². The number of nitrogens with one attached hydrogen (secondary N) is 2. The average Bonchev–Trinajstić information content (AvgIpc) is 2.75. The summed E-state index contributed by atoms with van der Waals surface area (Å²) in [7, 11) is 0. The summed E-state index contributed by atoms with van der Waals surface area (Å²) >= 11 is 11.8. The second-order valence-corrected chi connectivity index (χ2v) is 8.52. The summed E-state index contributed by atoms with van der Waals surface area (Å²) in [6, 6.07) is 12.6. The second kappa shape index (κ2) is 11.8. The first-order chi connectivity index (χ1) is 14.7. The van der Waals surface area contributed by atoms with Gasteiger partial charge in [-0.1, -0.05) is 56.1 Å². The van der Waals surface area contributed by atoms with Crippen LogP contribution in [0.15, 0.2) is 42.5 Å². The Morgan fingerprint density at radius 2 is 1.65 bits per heavy atom. The predicted molar refractivity (Wildman–Crippen MR) is 123 cm³/mol. The molecule has 168 valence electrons. The quantitative estimate of drug-likeness (QED) is 0.378. The van der Waals surface area contributed by atoms with Crippen molar-refractivity contribution >= 4 is 35.0 Å². The number of carbonyl (C=O) groups is 2. The third kappa shape index (κ3) is 8.31. The maximum absolute atomic E-state index is 11.9. The van der Waals surface area contributed by atoms with E-state index in [-0.39, 0.29) is 24.3 Å². The summed E-state index contributed by atoms with van der Waals surface area (Å²) in [5, 5.41) is 0.932. The van der Waals surface area contributed by atoms with Crippen molar-refractivity contribution in [2.45, 2.75) is 45.4 Å². The molecule has 2 N–H and O–H groups in total. The Bertz CT molecular complexity index is 886. The Morgan fingerprint density at radius 3 is 2.29 bits per heavy atom. The van der Waals surface area contributed by atoms with E-state index in [0.29, 0.717) is 34.6 Å². The maximum atomic E-state index is 11.9. The highest BCUT2D eigenvalue weighted by Crippen LogP contribution is 2.28. The van der Waals surface area contributed by atoms with E-state index >= 15 is 0 Å². The van der Waals surface area contributed by atoms with E-state index in [4.69, 9.17) is 32.7 Å². The zero-order valence-corrected chi connectivity index (χ0v) is 19.5. The SMILES string of the molecule is CCC(C)(C)c1ccc(OCC(=O)NNC(=O)CCCOc2ccc(Cl)cc2Cl)cc1. The number of hydrazine groups is 1. The Balaban J connectivity index is 1.63. The molecule has 0 atom stereocenters. The van der Waals surface area contributed by atoms with E-state index in [9.17, 15) is 9.59 Å². The molecule has 0 saturated carbocycles. The summed E-state index contributed by atoms with van der Waals surface area (Å²) in [6.07, 6.45) is 1.66. The van der Waals surface area contributed by atoms with Crippen molar-refractivity contribution in [3.05, 3.63) is 58.1 Å². The van der Waals surface area contributed by atoms with Crippen LogP contribution in [0.2, 0.25) is 10.0 Å². The third-order valence-corrected chi connectivity index (χ3v) is 5.46. The minimum atomic E-state index is -0.449. The third-order valence-electron chi connectivity index (χ3n) is 4.93. The van der Waals surface area contributed by atoms with E-state index in [1.54, 1.807) is 18.2 Å². The van der Waals surface area contributed by atoms with Crippen molar-refractivity contribution < 1.29 is 19.1 Å². The van der Waals surface area contributed by atoms with E-state index in [2.05, 4.69) is 31.6 Å². The van der Waals surface area contributed by atoms with E-state index < -0.39 is 5.91 Å². The lowest BCUT2D eigenvalue weighted by molar-refractivity contribution is -0.130. The molecular formula is C23H28Cl2N2O4. The molecule has 0 heterocycles. The molecular weight excluding hydrogens is 439 g/mol. The molecule has 0 bridgehead atoms. The first-order valence-electron chi connectivity index (χ1n) is 10.1. The molecule has 0 aliphatic carbocycles. The standard InChI is InChI=1S/C23H28Cl2N2O4/c1-4-23(2,3)16-7-10-18(11-8-16)31-15-22(29)27-26-21(28)6-5-13-30-20-12-9-17(24)14-19(20)25/h7-12,14H,4-6,13,15H2,1-3H3,(H,26,28)(H,27,29). The van der Waals surface area contributed by atoms with Gasteiger partial charge in [0.25, 0.3) is 5.91 Å². The molecule has 0 aromatic heterocycles. The molecule has 6 nitrogen and oxygen atoms in total. The number of hydrogen-bond acceptors (Lipinski definition) is 4. The van der Waals surface area contributed by atoms with Crippen molar-refractivity contribution in [3.8, 4) is 11.5 Å². The lowest BCUT2D eigenvalue weighted by Gasteiger charge is -2.23. The highest BCUT2D eigenvalue weighted by atomic mass is 35.5. The van der Waals surface area contributed by atoms with Crippen LogP contribution in [-0.4, -0.2) is 25.0 Å². The summed E-state index contributed by atoms with van der Waals surface area (Å²) in [4.78, 5) is 23.7. The summed E-state index contributed by atoms with van der Waals surface area (Å²) in [6.45, 7) is 6.60. The van der Waals surface area contributed by atoms with Crippen molar-refractivity contribution in [3.63, 3.8) is 0 Å². The average molecular weight is 467 g/mol. The van der Waals surface area contributed by atoms with Gasteiger partial charge >= 0.3 is 0 Å². The Labute approximate surface area is 193 Å². The van der Waals surface area contributed by atoms with Crippen LogP contribution in [0.3, 0.4) is 0 Å². The van der Waals surface area contributed by atoms with Crippen LogP contribution in [-0.2, 0) is 15.0 Å². The van der Waals surface area contributed by atoms with Crippen LogP contribution in [0.1, 0.15) is 45.6 Å². The molecule has 0 aliphatic heterocycles. The first-order valence-corrected chi connectivity index (χ1v) is 10.9. The Morgan fingerprint density at radius 1 is 0.968 bits per heavy atom. The first kappa shape index (κ1) is 24.8. The fourth-order valence-corrected chi connectivity index (χ4v) is 3.06. The minimum absolute atomic E-state index is 0.0896. The van der Waals surface area contributed by atoms with Gasteiger partial charge < -0.3 is 9.47 Å². The van der Waals surface area contributed by atoms with Crippen LogP contribution < -0.4 is 20.3 Å². The van der Waals surface area contributed by atoms with E-state index in [0.717, 1.165) is 6.42 Å². The number of amides is 2. The lowest BCUT2D eigenvalue weighted by Crippen LogP contribution is -2.43. The molecule has 0 unspecified atom stereocenters. The van der Waals surface area contributed by atoms with Crippen molar-refractivity contribution in [1.82, 2.24) is 10.9 Å². The lowest BCUT2D eigenvalue weighted by atomic mass is 9.82. The van der Waals surface area contributed by atoms with Gasteiger partial charge in [-0.25, -0.2) is 0 Å². The summed E-state index contributed by atoms with van der Waals surface area (Å²) < 4.78 is 11.0. The Kier molecular flexibility index (Phi) is 9.46. The van der Waals surface area contributed by atoms with Gasteiger partial charge in [0.15, 0.2) is 6.61 Å². The zero-order chi connectivity index (χ0) is 22.9. The predicted octanol–water partition coefficient (Wildman–Crippen LogP) is 5.07. The molecule has 31 heavy (non-hydrogen) atoms. The number of ether oxygens (including phenoxy) is 2. The molecule has 0 spiro atoms. The molecule has 2 rings (SSSR count). The van der Waals surface area contributed by atoms with Crippen LogP contribution in [0, 0.1) is 0 Å². The molecule has 0 aliphatic rings. The van der Waals surface area contributed by atoms with Gasteiger partial charge in [0.1, 0.15) is 11.5 Å². The van der Waals surface area contributed by atoms with Crippen LogP contribution in [0.5, 0.6) is 11.5 Å². The highest BCUT2D eigenvalue weighted by molar-refractivity contribution is 6.35. The topological polar surface area (TPSA) is 76.7 Å². The molecule has 0 radical (unpaired) electrons. The fraction of sp³-hybridized carbons (Fsp3) is 0.391. The number of halogens is 2. The molecule has 0 saturated heterocycles. The van der Waals surface area contributed by atoms with Gasteiger partial charge in [-0.2, -0.15) is 0 Å². The van der Waals surface area contributed by atoms with Gasteiger partial charge in [-0.05, 0) is 54.2 Å². The normalized spacial score (nSPS) is 11.0. The van der Waals surface area contributed by atoms with Crippen molar-refractivity contribution in [2.75, 3.05) is 13.2 Å². The molecule has 2 aromatic rings. The molecule has 2 amide bonds. The smallest absolute Gasteiger partial charge is 0.276 e. The van der Waals surface area contributed by atoms with Crippen LogP contribution in [0.25, 0.3) is 0 Å². The minimum Gasteiger partial charge on any atom is -0.492 e. The van der Waals surface area contributed by atoms with Gasteiger partial charge in [0, 0.05) is 11.4 Å². The molecule has 0 fully saturated rings. The molecule has 8 heteroatoms. The summed E-state index contributed by atoms with van der Waals surface area (Å²) in [5.74, 6) is 0.319. The zero-order valence-electron chi connectivity index (χ0n) is 18.0. The van der Waals surface area contributed by atoms with Gasteiger partial charge in [-0.15, -0.1) is 0 Å². The van der Waals surface area contributed by atoms with Gasteiger partial charge in [0.05, 0.1) is 11.6 Å². The number of carbonyl (C=O) groups excluding carboxylic acids is 2. The monoisotopic (exact) mass is 466 g/mol. The van der Waals surface area contributed by atoms with Crippen LogP contribution in [0.4, 0.5) is 0 Å². The van der Waals surface area contributed by atoms with E-state index in [1.807, 2.05) is 24.3 Å². The largest absolute Gasteiger partial charge is 0.492 e. The number of rotatable bonds is 10. The number of benzene rings is 2. The molecule has 2 aromatic carbocycles. The van der Waals surface area contributed by atoms with Gasteiger partial charge in [-0.3, -0.25) is 20.4 Å². The van der Waals surface area contributed by atoms with Crippen molar-refractivity contribution in [1.29, 1.82) is 0 Å². The highest BCUT2D eigenvalue weighted by Gasteiger charge is 2.17. The van der Waals surface area contributed by atoms with Crippen LogP contribution >= 0.6 is 23.2 Å². The Hall–Kier alpha value is -2.44. The van der Waals surface area contributed by atoms with Gasteiger partial charge in [0.2, 0.25) is 5.91 Å². The maximum Gasteiger partial charge on any atom is 0.276 e. The summed E-state index contributed by atoms with van der Waals surface area (Å²) in [5.41, 5.74) is 5.99. The number of hydrogen-bond donors (Lipinski definition) is 2. The van der Waals surface area contributed by atoms with Crippen molar-refractivity contribution in [2.24, 2.45) is 0 Å².